The molecule has 0 spiro atoms. The fourth-order valence-corrected chi connectivity index (χ4v) is 4.91. The molecule has 4 rings (SSSR count). The molecule has 1 unspecified atom stereocenters. The third kappa shape index (κ3) is 3.58. The highest BCUT2D eigenvalue weighted by Gasteiger charge is 2.32. The third-order valence-corrected chi connectivity index (χ3v) is 6.60. The monoisotopic (exact) mass is 387 g/mol. The van der Waals surface area contributed by atoms with E-state index in [9.17, 15) is 9.59 Å². The minimum Gasteiger partial charge on any atom is -0.381 e. The van der Waals surface area contributed by atoms with Crippen molar-refractivity contribution in [2.75, 3.05) is 24.3 Å². The van der Waals surface area contributed by atoms with E-state index < -0.39 is 0 Å². The number of benzene rings is 1. The molecule has 0 saturated carbocycles. The summed E-state index contributed by atoms with van der Waals surface area (Å²) in [6.45, 7) is 5.66. The SMILES string of the molecule is CC(C)c1ccc(C2SCC(=O)Nc3c2c(=O)[nH]n3C2CCOCC2)cc1. The molecule has 144 valence electrons. The second-order valence-corrected chi connectivity index (χ2v) is 8.57. The molecule has 1 saturated heterocycles. The van der Waals surface area contributed by atoms with E-state index in [1.54, 1.807) is 0 Å². The van der Waals surface area contributed by atoms with Crippen molar-refractivity contribution in [2.45, 2.75) is 43.9 Å². The summed E-state index contributed by atoms with van der Waals surface area (Å²) in [7, 11) is 0. The zero-order valence-corrected chi connectivity index (χ0v) is 16.5. The van der Waals surface area contributed by atoms with Crippen molar-refractivity contribution in [2.24, 2.45) is 0 Å². The summed E-state index contributed by atoms with van der Waals surface area (Å²) in [6.07, 6.45) is 1.65. The van der Waals surface area contributed by atoms with E-state index in [1.165, 1.54) is 17.3 Å². The molecule has 2 aliphatic rings. The zero-order valence-electron chi connectivity index (χ0n) is 15.7. The first-order valence-corrected chi connectivity index (χ1v) is 10.5. The lowest BCUT2D eigenvalue weighted by Gasteiger charge is -2.25. The molecular formula is C20H25N3O3S. The van der Waals surface area contributed by atoms with Crippen LogP contribution in [-0.4, -0.2) is 34.7 Å². The second-order valence-electron chi connectivity index (χ2n) is 7.48. The maximum Gasteiger partial charge on any atom is 0.270 e. The Morgan fingerprint density at radius 2 is 1.85 bits per heavy atom. The second kappa shape index (κ2) is 7.56. The van der Waals surface area contributed by atoms with Gasteiger partial charge in [0.05, 0.1) is 22.6 Å². The summed E-state index contributed by atoms with van der Waals surface area (Å²) in [5, 5.41) is 5.79. The number of nitrogens with zero attached hydrogens (tertiary/aromatic N) is 1. The first-order chi connectivity index (χ1) is 13.0. The van der Waals surface area contributed by atoms with Gasteiger partial charge in [-0.3, -0.25) is 19.4 Å². The predicted molar refractivity (Wildman–Crippen MR) is 108 cm³/mol. The Kier molecular flexibility index (Phi) is 5.14. The number of hydrogen-bond donors (Lipinski definition) is 2. The number of anilines is 1. The highest BCUT2D eigenvalue weighted by molar-refractivity contribution is 8.00. The number of carbonyl (C=O) groups excluding carboxylic acids is 1. The topological polar surface area (TPSA) is 76.1 Å². The molecule has 1 fully saturated rings. The van der Waals surface area contributed by atoms with Crippen LogP contribution < -0.4 is 10.9 Å². The van der Waals surface area contributed by atoms with E-state index in [0.717, 1.165) is 18.4 Å². The van der Waals surface area contributed by atoms with Crippen LogP contribution in [0.5, 0.6) is 0 Å². The molecule has 7 heteroatoms. The fraction of sp³-hybridized carbons (Fsp3) is 0.500. The highest BCUT2D eigenvalue weighted by atomic mass is 32.2. The van der Waals surface area contributed by atoms with Crippen molar-refractivity contribution < 1.29 is 9.53 Å². The van der Waals surface area contributed by atoms with Crippen molar-refractivity contribution in [3.8, 4) is 0 Å². The molecule has 1 aromatic carbocycles. The molecule has 1 amide bonds. The number of rotatable bonds is 3. The van der Waals surface area contributed by atoms with Gasteiger partial charge in [-0.2, -0.15) is 0 Å². The number of fused-ring (bicyclic) bond motifs is 1. The maximum absolute atomic E-state index is 12.9. The summed E-state index contributed by atoms with van der Waals surface area (Å²) in [4.78, 5) is 25.2. The summed E-state index contributed by atoms with van der Waals surface area (Å²) >= 11 is 1.51. The molecule has 1 atom stereocenters. The van der Waals surface area contributed by atoms with E-state index >= 15 is 0 Å². The van der Waals surface area contributed by atoms with Crippen LogP contribution in [0.1, 0.15) is 60.6 Å². The van der Waals surface area contributed by atoms with Crippen molar-refractivity contribution in [3.05, 3.63) is 51.3 Å². The maximum atomic E-state index is 12.9. The Balaban J connectivity index is 1.76. The van der Waals surface area contributed by atoms with Crippen LogP contribution in [0.2, 0.25) is 0 Å². The lowest BCUT2D eigenvalue weighted by Crippen LogP contribution is -2.24. The fourth-order valence-electron chi connectivity index (χ4n) is 3.78. The number of carbonyl (C=O) groups is 1. The summed E-state index contributed by atoms with van der Waals surface area (Å²) < 4.78 is 7.30. The van der Waals surface area contributed by atoms with Gasteiger partial charge in [0.2, 0.25) is 5.91 Å². The van der Waals surface area contributed by atoms with Crippen LogP contribution in [0.4, 0.5) is 5.82 Å². The molecular weight excluding hydrogens is 362 g/mol. The van der Waals surface area contributed by atoms with Crippen LogP contribution in [0, 0.1) is 0 Å². The Morgan fingerprint density at radius 3 is 2.52 bits per heavy atom. The van der Waals surface area contributed by atoms with Crippen molar-refractivity contribution >= 4 is 23.5 Å². The van der Waals surface area contributed by atoms with Gasteiger partial charge in [-0.25, -0.2) is 0 Å². The Labute approximate surface area is 162 Å². The number of thioether (sulfide) groups is 1. The van der Waals surface area contributed by atoms with Crippen molar-refractivity contribution in [1.82, 2.24) is 9.78 Å². The van der Waals surface area contributed by atoms with E-state index in [1.807, 2.05) is 4.68 Å². The molecule has 27 heavy (non-hydrogen) atoms. The van der Waals surface area contributed by atoms with Gasteiger partial charge in [-0.15, -0.1) is 11.8 Å². The van der Waals surface area contributed by atoms with Crippen LogP contribution in [0.3, 0.4) is 0 Å². The van der Waals surface area contributed by atoms with Crippen LogP contribution in [0.25, 0.3) is 0 Å². The number of amides is 1. The number of hydrogen-bond acceptors (Lipinski definition) is 4. The van der Waals surface area contributed by atoms with E-state index in [0.29, 0.717) is 36.3 Å². The quantitative estimate of drug-likeness (QED) is 0.846. The average molecular weight is 388 g/mol. The lowest BCUT2D eigenvalue weighted by molar-refractivity contribution is -0.113. The minimum atomic E-state index is -0.162. The minimum absolute atomic E-state index is 0.0673. The molecule has 0 radical (unpaired) electrons. The van der Waals surface area contributed by atoms with Crippen LogP contribution >= 0.6 is 11.8 Å². The van der Waals surface area contributed by atoms with Gasteiger partial charge in [0.25, 0.3) is 5.56 Å². The largest absolute Gasteiger partial charge is 0.381 e. The molecule has 2 aromatic rings. The first kappa shape index (κ1) is 18.4. The van der Waals surface area contributed by atoms with Gasteiger partial charge in [0.15, 0.2) is 0 Å². The van der Waals surface area contributed by atoms with Crippen LogP contribution in [0.15, 0.2) is 29.1 Å². The molecule has 3 heterocycles. The van der Waals surface area contributed by atoms with Crippen molar-refractivity contribution in [3.63, 3.8) is 0 Å². The summed E-state index contributed by atoms with van der Waals surface area (Å²) in [5.41, 5.74) is 2.84. The zero-order chi connectivity index (χ0) is 19.0. The van der Waals surface area contributed by atoms with E-state index in [4.69, 9.17) is 4.74 Å². The van der Waals surface area contributed by atoms with Gasteiger partial charge >= 0.3 is 0 Å². The number of aromatic amines is 1. The lowest BCUT2D eigenvalue weighted by atomic mass is 9.99. The summed E-state index contributed by atoms with van der Waals surface area (Å²) in [6, 6.07) is 8.53. The molecule has 0 aliphatic carbocycles. The molecule has 2 aliphatic heterocycles. The van der Waals surface area contributed by atoms with Gasteiger partial charge in [0.1, 0.15) is 5.82 Å². The van der Waals surface area contributed by atoms with E-state index in [-0.39, 0.29) is 22.8 Å². The number of ether oxygens (including phenoxy) is 1. The Hall–Kier alpha value is -1.99. The average Bonchev–Trinajstić information content (AvgIpc) is 2.88. The standard InChI is InChI=1S/C20H25N3O3S/c1-12(2)13-3-5-14(6-4-13)18-17-19(21-16(24)11-27-18)23(22-20(17)25)15-7-9-26-10-8-15/h3-6,12,15,18H,7-11H2,1-2H3,(H,21,24)(H,22,25). The Morgan fingerprint density at radius 1 is 1.15 bits per heavy atom. The smallest absolute Gasteiger partial charge is 0.270 e. The Bertz CT molecular complexity index is 879. The number of H-pyrrole nitrogens is 1. The number of aromatic nitrogens is 2. The summed E-state index contributed by atoms with van der Waals surface area (Å²) in [5.74, 6) is 1.35. The predicted octanol–water partition coefficient (Wildman–Crippen LogP) is 3.43. The highest BCUT2D eigenvalue weighted by Crippen LogP contribution is 2.41. The van der Waals surface area contributed by atoms with Gasteiger partial charge in [-0.05, 0) is 29.9 Å². The van der Waals surface area contributed by atoms with Gasteiger partial charge in [-0.1, -0.05) is 38.1 Å². The normalized spacial score (nSPS) is 21.0. The molecule has 2 N–H and O–H groups in total. The van der Waals surface area contributed by atoms with Gasteiger partial charge < -0.3 is 10.1 Å². The number of nitrogens with one attached hydrogen (secondary N) is 2. The van der Waals surface area contributed by atoms with E-state index in [2.05, 4.69) is 48.5 Å². The molecule has 0 bridgehead atoms. The van der Waals surface area contributed by atoms with Crippen LogP contribution in [-0.2, 0) is 9.53 Å². The van der Waals surface area contributed by atoms with Gasteiger partial charge in [0, 0.05) is 13.2 Å². The first-order valence-electron chi connectivity index (χ1n) is 9.48. The van der Waals surface area contributed by atoms with Crippen molar-refractivity contribution in [1.29, 1.82) is 0 Å². The third-order valence-electron chi connectivity index (χ3n) is 5.33. The molecule has 1 aromatic heterocycles. The molecule has 6 nitrogen and oxygen atoms in total.